The van der Waals surface area contributed by atoms with Gasteiger partial charge in [0, 0.05) is 10.9 Å². The van der Waals surface area contributed by atoms with Gasteiger partial charge in [-0.3, -0.25) is 4.18 Å². The molecule has 0 spiro atoms. The minimum Gasteiger partial charge on any atom is -0.373 e. The van der Waals surface area contributed by atoms with E-state index < -0.39 is 10.1 Å². The molecular formula is C12H15BrO4S. The summed E-state index contributed by atoms with van der Waals surface area (Å²) in [7, 11) is -3.37. The summed E-state index contributed by atoms with van der Waals surface area (Å²) < 4.78 is 33.3. The van der Waals surface area contributed by atoms with Gasteiger partial charge in [0.05, 0.1) is 25.6 Å². The summed E-state index contributed by atoms with van der Waals surface area (Å²) >= 11 is 3.44. The molecule has 2 rings (SSSR count). The molecular weight excluding hydrogens is 320 g/mol. The van der Waals surface area contributed by atoms with Crippen molar-refractivity contribution in [1.29, 1.82) is 0 Å². The number of rotatable bonds is 4. The van der Waals surface area contributed by atoms with E-state index in [0.717, 1.165) is 22.7 Å². The molecule has 0 N–H and O–H groups in total. The van der Waals surface area contributed by atoms with E-state index in [1.807, 2.05) is 12.1 Å². The molecule has 100 valence electrons. The fraction of sp³-hybridized carbons (Fsp3) is 0.500. The van der Waals surface area contributed by atoms with Crippen LogP contribution in [0.15, 0.2) is 22.7 Å². The SMILES string of the molecule is CS(=O)(=O)OCCC1OCCc2cc(Br)ccc21. The molecule has 1 aromatic rings. The van der Waals surface area contributed by atoms with Crippen molar-refractivity contribution in [2.45, 2.75) is 18.9 Å². The van der Waals surface area contributed by atoms with Gasteiger partial charge in [0.15, 0.2) is 0 Å². The average molecular weight is 335 g/mol. The van der Waals surface area contributed by atoms with E-state index in [1.54, 1.807) is 0 Å². The summed E-state index contributed by atoms with van der Waals surface area (Å²) in [5, 5.41) is 0. The number of benzene rings is 1. The van der Waals surface area contributed by atoms with E-state index in [4.69, 9.17) is 8.92 Å². The third-order valence-corrected chi connectivity index (χ3v) is 3.91. The van der Waals surface area contributed by atoms with Gasteiger partial charge in [0.25, 0.3) is 10.1 Å². The Morgan fingerprint density at radius 1 is 1.50 bits per heavy atom. The summed E-state index contributed by atoms with van der Waals surface area (Å²) in [6.45, 7) is 0.812. The zero-order valence-corrected chi connectivity index (χ0v) is 12.5. The van der Waals surface area contributed by atoms with Gasteiger partial charge in [0.1, 0.15) is 0 Å². The Morgan fingerprint density at radius 2 is 2.28 bits per heavy atom. The molecule has 0 bridgehead atoms. The van der Waals surface area contributed by atoms with Crippen LogP contribution in [0.25, 0.3) is 0 Å². The first-order chi connectivity index (χ1) is 8.46. The van der Waals surface area contributed by atoms with Gasteiger partial charge in [0.2, 0.25) is 0 Å². The zero-order chi connectivity index (χ0) is 13.2. The molecule has 4 nitrogen and oxygen atoms in total. The van der Waals surface area contributed by atoms with Crippen molar-refractivity contribution in [3.8, 4) is 0 Å². The van der Waals surface area contributed by atoms with Crippen molar-refractivity contribution in [3.05, 3.63) is 33.8 Å². The molecule has 0 amide bonds. The molecule has 0 saturated carbocycles. The Morgan fingerprint density at radius 3 is 3.00 bits per heavy atom. The van der Waals surface area contributed by atoms with E-state index in [0.29, 0.717) is 13.0 Å². The third-order valence-electron chi connectivity index (χ3n) is 2.82. The fourth-order valence-corrected chi connectivity index (χ4v) is 2.86. The van der Waals surface area contributed by atoms with E-state index in [-0.39, 0.29) is 12.7 Å². The molecule has 0 aromatic heterocycles. The smallest absolute Gasteiger partial charge is 0.264 e. The van der Waals surface area contributed by atoms with Crippen molar-refractivity contribution in [3.63, 3.8) is 0 Å². The van der Waals surface area contributed by atoms with Crippen LogP contribution in [-0.4, -0.2) is 27.9 Å². The van der Waals surface area contributed by atoms with Crippen LogP contribution >= 0.6 is 15.9 Å². The van der Waals surface area contributed by atoms with Crippen LogP contribution < -0.4 is 0 Å². The third kappa shape index (κ3) is 3.78. The Labute approximate surface area is 116 Å². The van der Waals surface area contributed by atoms with Crippen molar-refractivity contribution in [2.75, 3.05) is 19.5 Å². The number of fused-ring (bicyclic) bond motifs is 1. The predicted molar refractivity (Wildman–Crippen MR) is 72.0 cm³/mol. The zero-order valence-electron chi connectivity index (χ0n) is 10.1. The molecule has 18 heavy (non-hydrogen) atoms. The second kappa shape index (κ2) is 5.69. The summed E-state index contributed by atoms with van der Waals surface area (Å²) in [5.41, 5.74) is 2.38. The maximum atomic E-state index is 10.9. The number of hydrogen-bond acceptors (Lipinski definition) is 4. The summed E-state index contributed by atoms with van der Waals surface area (Å²) in [5.74, 6) is 0. The lowest BCUT2D eigenvalue weighted by Gasteiger charge is -2.26. The number of ether oxygens (including phenoxy) is 1. The van der Waals surface area contributed by atoms with Crippen molar-refractivity contribution in [2.24, 2.45) is 0 Å². The van der Waals surface area contributed by atoms with Gasteiger partial charge in [-0.15, -0.1) is 0 Å². The highest BCUT2D eigenvalue weighted by Gasteiger charge is 2.21. The van der Waals surface area contributed by atoms with Gasteiger partial charge in [-0.2, -0.15) is 8.42 Å². The van der Waals surface area contributed by atoms with Crippen LogP contribution in [0.2, 0.25) is 0 Å². The van der Waals surface area contributed by atoms with Crippen LogP contribution in [0.4, 0.5) is 0 Å². The topological polar surface area (TPSA) is 52.6 Å². The second-order valence-corrected chi connectivity index (χ2v) is 6.83. The Kier molecular flexibility index (Phi) is 4.42. The second-order valence-electron chi connectivity index (χ2n) is 4.27. The van der Waals surface area contributed by atoms with Crippen LogP contribution in [0.3, 0.4) is 0 Å². The maximum Gasteiger partial charge on any atom is 0.264 e. The van der Waals surface area contributed by atoms with Gasteiger partial charge >= 0.3 is 0 Å². The maximum absolute atomic E-state index is 10.9. The van der Waals surface area contributed by atoms with Crippen molar-refractivity contribution >= 4 is 26.0 Å². The van der Waals surface area contributed by atoms with Gasteiger partial charge < -0.3 is 4.74 Å². The standard InChI is InChI=1S/C12H15BrO4S/c1-18(14,15)17-7-5-12-11-3-2-10(13)8-9(11)4-6-16-12/h2-3,8,12H,4-7H2,1H3. The molecule has 1 aromatic carbocycles. The Hall–Kier alpha value is -0.430. The average Bonchev–Trinajstić information content (AvgIpc) is 2.27. The number of halogens is 1. The van der Waals surface area contributed by atoms with Gasteiger partial charge in [-0.1, -0.05) is 22.0 Å². The van der Waals surface area contributed by atoms with Gasteiger partial charge in [-0.25, -0.2) is 0 Å². The fourth-order valence-electron chi connectivity index (χ4n) is 2.05. The quantitative estimate of drug-likeness (QED) is 0.793. The van der Waals surface area contributed by atoms with Crippen LogP contribution in [0.1, 0.15) is 23.7 Å². The molecule has 0 radical (unpaired) electrons. The summed E-state index contributed by atoms with van der Waals surface area (Å²) in [6, 6.07) is 6.07. The van der Waals surface area contributed by atoms with Crippen molar-refractivity contribution in [1.82, 2.24) is 0 Å². The predicted octanol–water partition coefficient (Wildman–Crippen LogP) is 2.43. The van der Waals surface area contributed by atoms with E-state index in [1.165, 1.54) is 5.56 Å². The molecule has 1 heterocycles. The van der Waals surface area contributed by atoms with Crippen LogP contribution in [0.5, 0.6) is 0 Å². The molecule has 0 fully saturated rings. The largest absolute Gasteiger partial charge is 0.373 e. The van der Waals surface area contributed by atoms with Crippen LogP contribution in [0, 0.1) is 0 Å². The lowest BCUT2D eigenvalue weighted by atomic mass is 9.96. The normalized spacial score (nSPS) is 19.6. The van der Waals surface area contributed by atoms with E-state index >= 15 is 0 Å². The van der Waals surface area contributed by atoms with Crippen LogP contribution in [-0.2, 0) is 25.5 Å². The monoisotopic (exact) mass is 334 g/mol. The highest BCUT2D eigenvalue weighted by atomic mass is 79.9. The first kappa shape index (κ1) is 14.0. The lowest BCUT2D eigenvalue weighted by molar-refractivity contribution is 0.0283. The highest BCUT2D eigenvalue weighted by molar-refractivity contribution is 9.10. The summed E-state index contributed by atoms with van der Waals surface area (Å²) in [4.78, 5) is 0. The lowest BCUT2D eigenvalue weighted by Crippen LogP contribution is -2.18. The molecule has 0 saturated heterocycles. The summed E-state index contributed by atoms with van der Waals surface area (Å²) in [6.07, 6.45) is 2.41. The first-order valence-electron chi connectivity index (χ1n) is 5.70. The molecule has 1 unspecified atom stereocenters. The number of hydrogen-bond donors (Lipinski definition) is 0. The van der Waals surface area contributed by atoms with E-state index in [2.05, 4.69) is 22.0 Å². The molecule has 1 atom stereocenters. The Bertz CT molecular complexity index is 527. The van der Waals surface area contributed by atoms with E-state index in [9.17, 15) is 8.42 Å². The molecule has 6 heteroatoms. The highest BCUT2D eigenvalue weighted by Crippen LogP contribution is 2.31. The molecule has 1 aliphatic heterocycles. The minimum absolute atomic E-state index is 0.0800. The first-order valence-corrected chi connectivity index (χ1v) is 8.31. The van der Waals surface area contributed by atoms with Gasteiger partial charge in [-0.05, 0) is 29.7 Å². The van der Waals surface area contributed by atoms with Crippen molar-refractivity contribution < 1.29 is 17.3 Å². The minimum atomic E-state index is -3.37. The molecule has 1 aliphatic rings. The molecule has 0 aliphatic carbocycles. The Balaban J connectivity index is 2.04.